The lowest BCUT2D eigenvalue weighted by Crippen LogP contribution is -2.60. The van der Waals surface area contributed by atoms with Gasteiger partial charge in [0.25, 0.3) is 0 Å². The van der Waals surface area contributed by atoms with Crippen molar-refractivity contribution >= 4 is 11.7 Å². The summed E-state index contributed by atoms with van der Waals surface area (Å²) in [7, 11) is 1.45. The van der Waals surface area contributed by atoms with E-state index in [0.29, 0.717) is 55.9 Å². The molecule has 2 N–H and O–H groups in total. The molecule has 14 atom stereocenters. The molecule has 1 aliphatic carbocycles. The SMILES string of the molecule is C=C1CCCC2=NC[C@H](C)[C@@H](C)C[C@@]23CCC(C(=O)OC)=C[C@@H]3[C@@H]2O[C@]3(C[C@H]4CCC[C@@]5(CC[C@@]6(O[C@@H](CC[C@@]6(C)O)C1)O5)O4)C[C@@H](C)[C@@H](O)[C@H]2O3. The molecule has 0 amide bonds. The average molecular weight is 726 g/mol. The molecule has 0 aromatic rings. The summed E-state index contributed by atoms with van der Waals surface area (Å²) in [6.45, 7) is 13.9. The number of aliphatic imine (C=N–C) groups is 1. The van der Waals surface area contributed by atoms with Gasteiger partial charge in [0.2, 0.25) is 5.79 Å². The Kier molecular flexibility index (Phi) is 9.69. The van der Waals surface area contributed by atoms with Crippen LogP contribution in [0.3, 0.4) is 0 Å². The van der Waals surface area contributed by atoms with Crippen LogP contribution in [0.15, 0.2) is 28.8 Å². The highest BCUT2D eigenvalue weighted by Crippen LogP contribution is 2.59. The van der Waals surface area contributed by atoms with Crippen LogP contribution in [0.4, 0.5) is 0 Å². The zero-order valence-electron chi connectivity index (χ0n) is 32.2. The second-order valence-electron chi connectivity index (χ2n) is 18.5. The number of aliphatic hydroxyl groups excluding tert-OH is 1. The van der Waals surface area contributed by atoms with Gasteiger partial charge < -0.3 is 38.6 Å². The van der Waals surface area contributed by atoms with Gasteiger partial charge in [-0.15, -0.1) is 0 Å². The molecule has 290 valence electrons. The summed E-state index contributed by atoms with van der Waals surface area (Å²) < 4.78 is 40.3. The number of fused-ring (bicyclic) bond motifs is 6. The van der Waals surface area contributed by atoms with Crippen LogP contribution in [0.2, 0.25) is 0 Å². The predicted octanol–water partition coefficient (Wildman–Crippen LogP) is 6.70. The number of ether oxygens (including phenoxy) is 6. The van der Waals surface area contributed by atoms with Crippen LogP contribution in [0, 0.1) is 29.1 Å². The van der Waals surface area contributed by atoms with Gasteiger partial charge in [0, 0.05) is 61.3 Å². The maximum Gasteiger partial charge on any atom is 0.333 e. The van der Waals surface area contributed by atoms with Gasteiger partial charge in [-0.1, -0.05) is 39.0 Å². The largest absolute Gasteiger partial charge is 0.466 e. The molecule has 4 spiro atoms. The van der Waals surface area contributed by atoms with E-state index >= 15 is 0 Å². The monoisotopic (exact) mass is 725 g/mol. The summed E-state index contributed by atoms with van der Waals surface area (Å²) in [6.07, 6.45) is 11.8. The van der Waals surface area contributed by atoms with Crippen LogP contribution < -0.4 is 0 Å². The van der Waals surface area contributed by atoms with Crippen molar-refractivity contribution in [1.29, 1.82) is 0 Å². The minimum Gasteiger partial charge on any atom is -0.466 e. The van der Waals surface area contributed by atoms with E-state index in [1.807, 2.05) is 6.92 Å². The lowest BCUT2D eigenvalue weighted by Gasteiger charge is -2.50. The summed E-state index contributed by atoms with van der Waals surface area (Å²) in [6, 6.07) is 0. The van der Waals surface area contributed by atoms with Crippen molar-refractivity contribution in [3.05, 3.63) is 23.8 Å². The summed E-state index contributed by atoms with van der Waals surface area (Å²) in [5.74, 6) is -2.70. The van der Waals surface area contributed by atoms with Crippen molar-refractivity contribution in [3.8, 4) is 0 Å². The third-order valence-corrected chi connectivity index (χ3v) is 14.8. The van der Waals surface area contributed by atoms with E-state index in [1.54, 1.807) is 0 Å². The lowest BCUT2D eigenvalue weighted by molar-refractivity contribution is -0.403. The summed E-state index contributed by atoms with van der Waals surface area (Å²) in [5.41, 5.74) is 1.52. The first-order valence-electron chi connectivity index (χ1n) is 20.5. The Morgan fingerprint density at radius 3 is 2.48 bits per heavy atom. The van der Waals surface area contributed by atoms with E-state index in [2.05, 4.69) is 33.4 Å². The molecule has 7 bridgehead atoms. The molecule has 6 fully saturated rings. The van der Waals surface area contributed by atoms with Crippen LogP contribution in [0.5, 0.6) is 0 Å². The fourth-order valence-corrected chi connectivity index (χ4v) is 11.6. The molecule has 10 heteroatoms. The molecular formula is C42H63NO9. The smallest absolute Gasteiger partial charge is 0.333 e. The first kappa shape index (κ1) is 37.3. The molecule has 7 aliphatic heterocycles. The number of carbonyl (C=O) groups excluding carboxylic acids is 1. The van der Waals surface area contributed by atoms with E-state index in [1.165, 1.54) is 12.8 Å². The van der Waals surface area contributed by atoms with E-state index in [0.717, 1.165) is 76.3 Å². The molecule has 0 saturated carbocycles. The van der Waals surface area contributed by atoms with Gasteiger partial charge in [-0.3, -0.25) is 4.99 Å². The van der Waals surface area contributed by atoms with E-state index in [9.17, 15) is 15.0 Å². The van der Waals surface area contributed by atoms with E-state index < -0.39 is 41.3 Å². The molecule has 8 rings (SSSR count). The Labute approximate surface area is 310 Å². The standard InChI is InChI=1S/C42H63NO9/c1-25-9-7-11-33-39(21-26(2)28(4)24-43-33)16-12-29(37(45)47-6)20-32(39)35-36-34(44)27(3)22-41(50-35,51-36)23-31-10-8-14-40(48-31)17-18-42(52-40)38(5,46)15-13-30(19-25)49-42/h20,26-28,30-32,34-36,44,46H,1,7-19,21-24H2,2-6H3/t26-,27+,28-,30-,31+,32+,34+,35-,36+,38+,39+,40+,41+,42+/m0/s1. The van der Waals surface area contributed by atoms with Crippen LogP contribution >= 0.6 is 0 Å². The lowest BCUT2D eigenvalue weighted by atomic mass is 9.57. The van der Waals surface area contributed by atoms with Crippen molar-refractivity contribution < 1.29 is 43.4 Å². The van der Waals surface area contributed by atoms with Gasteiger partial charge in [0.15, 0.2) is 11.6 Å². The van der Waals surface area contributed by atoms with Gasteiger partial charge in [-0.2, -0.15) is 0 Å². The van der Waals surface area contributed by atoms with Crippen molar-refractivity contribution in [2.45, 2.75) is 184 Å². The first-order valence-corrected chi connectivity index (χ1v) is 20.5. The number of hydrogen-bond donors (Lipinski definition) is 2. The molecule has 7 heterocycles. The number of aliphatic hydroxyl groups is 2. The molecule has 0 aromatic heterocycles. The fraction of sp³-hybridized carbons (Fsp3) is 0.857. The normalized spacial score (nSPS) is 51.0. The summed E-state index contributed by atoms with van der Waals surface area (Å²) in [4.78, 5) is 18.6. The van der Waals surface area contributed by atoms with Crippen LogP contribution in [-0.4, -0.2) is 89.0 Å². The molecule has 10 nitrogen and oxygen atoms in total. The minimum absolute atomic E-state index is 0.0522. The first-order chi connectivity index (χ1) is 24.7. The van der Waals surface area contributed by atoms with Crippen molar-refractivity contribution in [2.24, 2.45) is 34.1 Å². The number of esters is 1. The quantitative estimate of drug-likeness (QED) is 0.224. The highest BCUT2D eigenvalue weighted by Gasteiger charge is 2.66. The fourth-order valence-electron chi connectivity index (χ4n) is 11.6. The number of hydrogen-bond acceptors (Lipinski definition) is 10. The zero-order chi connectivity index (χ0) is 36.7. The van der Waals surface area contributed by atoms with Crippen molar-refractivity contribution in [1.82, 2.24) is 0 Å². The van der Waals surface area contributed by atoms with Crippen molar-refractivity contribution in [2.75, 3.05) is 13.7 Å². The van der Waals surface area contributed by atoms with Crippen LogP contribution in [-0.2, 0) is 33.2 Å². The van der Waals surface area contributed by atoms with Crippen molar-refractivity contribution in [3.63, 3.8) is 0 Å². The van der Waals surface area contributed by atoms with E-state index in [4.69, 9.17) is 33.4 Å². The van der Waals surface area contributed by atoms with Gasteiger partial charge in [-0.25, -0.2) is 4.79 Å². The number of rotatable bonds is 1. The molecule has 0 aromatic carbocycles. The molecule has 0 unspecified atom stereocenters. The molecule has 8 aliphatic rings. The molecular weight excluding hydrogens is 662 g/mol. The second-order valence-corrected chi connectivity index (χ2v) is 18.5. The Morgan fingerprint density at radius 2 is 1.67 bits per heavy atom. The molecule has 0 radical (unpaired) electrons. The highest BCUT2D eigenvalue weighted by molar-refractivity contribution is 5.93. The van der Waals surface area contributed by atoms with Gasteiger partial charge in [0.1, 0.15) is 11.7 Å². The Bertz CT molecular complexity index is 1480. The predicted molar refractivity (Wildman–Crippen MR) is 194 cm³/mol. The summed E-state index contributed by atoms with van der Waals surface area (Å²) in [5, 5.41) is 23.6. The minimum atomic E-state index is -1.14. The maximum atomic E-state index is 13.2. The summed E-state index contributed by atoms with van der Waals surface area (Å²) >= 11 is 0. The molecule has 52 heavy (non-hydrogen) atoms. The molecule has 6 saturated heterocycles. The van der Waals surface area contributed by atoms with Gasteiger partial charge >= 0.3 is 5.97 Å². The van der Waals surface area contributed by atoms with Gasteiger partial charge in [-0.05, 0) is 95.3 Å². The number of nitrogens with zero attached hydrogens (tertiary/aromatic N) is 1. The van der Waals surface area contributed by atoms with Crippen LogP contribution in [0.1, 0.15) is 130 Å². The van der Waals surface area contributed by atoms with Gasteiger partial charge in [0.05, 0.1) is 31.5 Å². The highest BCUT2D eigenvalue weighted by atomic mass is 16.8. The Hall–Kier alpha value is -1.66. The average Bonchev–Trinajstić information content (AvgIpc) is 3.58. The van der Waals surface area contributed by atoms with E-state index in [-0.39, 0.29) is 35.4 Å². The third-order valence-electron chi connectivity index (χ3n) is 14.8. The number of methoxy groups -OCH3 is 1. The maximum absolute atomic E-state index is 13.2. The van der Waals surface area contributed by atoms with Crippen LogP contribution in [0.25, 0.3) is 0 Å². The topological polar surface area (TPSA) is 125 Å². The third kappa shape index (κ3) is 6.28. The Morgan fingerprint density at radius 1 is 0.865 bits per heavy atom. The Balaban J connectivity index is 1.21. The second kappa shape index (κ2) is 13.5. The number of carbonyl (C=O) groups is 1. The zero-order valence-corrected chi connectivity index (χ0v) is 32.2.